The van der Waals surface area contributed by atoms with E-state index in [0.29, 0.717) is 28.6 Å². The minimum Gasteiger partial charge on any atom is -0.489 e. The molecule has 11 heteroatoms. The number of anilines is 2. The Balaban J connectivity index is 1.42. The van der Waals surface area contributed by atoms with E-state index in [-0.39, 0.29) is 36.5 Å². The first kappa shape index (κ1) is 27.6. The van der Waals surface area contributed by atoms with Gasteiger partial charge in [0.25, 0.3) is 0 Å². The van der Waals surface area contributed by atoms with Gasteiger partial charge in [0, 0.05) is 35.9 Å². The van der Waals surface area contributed by atoms with Crippen LogP contribution in [0.3, 0.4) is 0 Å². The maximum atomic E-state index is 13.5. The highest BCUT2D eigenvalue weighted by atomic mass is 35.5. The molecule has 0 unspecified atom stereocenters. The zero-order valence-electron chi connectivity index (χ0n) is 21.5. The fourth-order valence-corrected chi connectivity index (χ4v) is 5.00. The molecule has 2 heterocycles. The minimum absolute atomic E-state index is 0.00935. The summed E-state index contributed by atoms with van der Waals surface area (Å²) in [6.45, 7) is 0.758. The lowest BCUT2D eigenvalue weighted by atomic mass is 10.0. The van der Waals surface area contributed by atoms with Crippen LogP contribution in [0.25, 0.3) is 22.0 Å². The Morgan fingerprint density at radius 1 is 1.02 bits per heavy atom. The molecule has 0 amide bonds. The molecule has 0 aliphatic rings. The summed E-state index contributed by atoms with van der Waals surface area (Å²) in [7, 11) is -3.13. The van der Waals surface area contributed by atoms with E-state index < -0.39 is 9.84 Å². The summed E-state index contributed by atoms with van der Waals surface area (Å²) in [6.07, 6.45) is 2.66. The Morgan fingerprint density at radius 3 is 2.60 bits per heavy atom. The molecule has 5 rings (SSSR count). The molecule has 40 heavy (non-hydrogen) atoms. The van der Waals surface area contributed by atoms with Crippen LogP contribution < -0.4 is 15.4 Å². The molecular weight excluding hydrogens is 555 g/mol. The zero-order valence-corrected chi connectivity index (χ0v) is 23.1. The van der Waals surface area contributed by atoms with Crippen molar-refractivity contribution < 1.29 is 22.0 Å². The summed E-state index contributed by atoms with van der Waals surface area (Å²) in [5.41, 5.74) is 3.60. The molecule has 0 bridgehead atoms. The van der Waals surface area contributed by atoms with Crippen molar-refractivity contribution >= 4 is 44.0 Å². The summed E-state index contributed by atoms with van der Waals surface area (Å²) >= 11 is 6.62. The molecule has 0 aliphatic heterocycles. The van der Waals surface area contributed by atoms with E-state index >= 15 is 0 Å². The van der Waals surface area contributed by atoms with Crippen molar-refractivity contribution in [2.75, 3.05) is 23.9 Å². The number of nitrogens with one attached hydrogen (secondary N) is 2. The van der Waals surface area contributed by atoms with Gasteiger partial charge in [0.05, 0.1) is 11.3 Å². The van der Waals surface area contributed by atoms with Gasteiger partial charge >= 0.3 is 0 Å². The highest BCUT2D eigenvalue weighted by Gasteiger charge is 2.22. The Bertz CT molecular complexity index is 1740. The standard InChI is InChI=1S/C29H26ClFN4O4S/c1-40(36,37)14-13-32-16-24-26(20-9-11-22(12-10-20)38-17-19-5-4-6-21(31)15-19)27(30)39-29(24)35-28-23-7-2-3-8-25(23)33-18-34-28/h2-12,15,18,32H,13-14,16-17H2,1H3,(H,33,34,35). The number of halogens is 2. The van der Waals surface area contributed by atoms with E-state index in [9.17, 15) is 12.8 Å². The zero-order chi connectivity index (χ0) is 28.1. The van der Waals surface area contributed by atoms with E-state index in [4.69, 9.17) is 20.8 Å². The Kier molecular flexibility index (Phi) is 8.29. The third-order valence-electron chi connectivity index (χ3n) is 6.13. The van der Waals surface area contributed by atoms with Gasteiger partial charge in [-0.3, -0.25) is 0 Å². The molecular formula is C29H26ClFN4O4S. The lowest BCUT2D eigenvalue weighted by Gasteiger charge is -2.11. The van der Waals surface area contributed by atoms with Crippen molar-refractivity contribution in [1.82, 2.24) is 15.3 Å². The molecule has 0 radical (unpaired) electrons. The normalized spacial score (nSPS) is 11.6. The van der Waals surface area contributed by atoms with Crippen LogP contribution in [0.5, 0.6) is 5.75 Å². The van der Waals surface area contributed by atoms with Gasteiger partial charge in [-0.05, 0) is 59.1 Å². The molecule has 0 saturated heterocycles. The van der Waals surface area contributed by atoms with E-state index in [2.05, 4.69) is 20.6 Å². The van der Waals surface area contributed by atoms with Crippen LogP contribution in [0, 0.1) is 5.82 Å². The fourth-order valence-electron chi connectivity index (χ4n) is 4.19. The predicted molar refractivity (Wildman–Crippen MR) is 154 cm³/mol. The van der Waals surface area contributed by atoms with Crippen molar-refractivity contribution in [2.45, 2.75) is 13.2 Å². The lowest BCUT2D eigenvalue weighted by molar-refractivity contribution is 0.305. The van der Waals surface area contributed by atoms with Gasteiger partial charge < -0.3 is 19.8 Å². The Morgan fingerprint density at radius 2 is 1.82 bits per heavy atom. The van der Waals surface area contributed by atoms with Gasteiger partial charge in [0.1, 0.15) is 40.2 Å². The number of rotatable bonds is 11. The second kappa shape index (κ2) is 12.0. The molecule has 0 atom stereocenters. The number of nitrogens with zero attached hydrogens (tertiary/aromatic N) is 2. The smallest absolute Gasteiger partial charge is 0.205 e. The first-order valence-corrected chi connectivity index (χ1v) is 14.8. The number of sulfone groups is 1. The molecule has 0 fully saturated rings. The maximum absolute atomic E-state index is 13.5. The van der Waals surface area contributed by atoms with Gasteiger partial charge in [-0.1, -0.05) is 36.4 Å². The number of hydrogen-bond acceptors (Lipinski definition) is 8. The fraction of sp³-hybridized carbons (Fsp3) is 0.172. The van der Waals surface area contributed by atoms with Gasteiger partial charge in [-0.25, -0.2) is 22.8 Å². The topological polar surface area (TPSA) is 106 Å². The summed E-state index contributed by atoms with van der Waals surface area (Å²) in [6, 6.07) is 21.1. The molecule has 2 aromatic heterocycles. The van der Waals surface area contributed by atoms with Crippen LogP contribution in [0.1, 0.15) is 11.1 Å². The number of fused-ring (bicyclic) bond motifs is 1. The Hall–Kier alpha value is -3.99. The molecule has 2 N–H and O–H groups in total. The van der Waals surface area contributed by atoms with Crippen LogP contribution in [-0.2, 0) is 23.0 Å². The third-order valence-corrected chi connectivity index (χ3v) is 7.34. The van der Waals surface area contributed by atoms with Crippen LogP contribution in [0.15, 0.2) is 83.5 Å². The van der Waals surface area contributed by atoms with Crippen molar-refractivity contribution in [2.24, 2.45) is 0 Å². The minimum atomic E-state index is -3.13. The van der Waals surface area contributed by atoms with E-state index in [0.717, 1.165) is 22.0 Å². The number of hydrogen-bond donors (Lipinski definition) is 2. The molecule has 0 saturated carbocycles. The first-order valence-electron chi connectivity index (χ1n) is 12.4. The number of benzene rings is 3. The van der Waals surface area contributed by atoms with Gasteiger partial charge in [0.2, 0.25) is 11.1 Å². The second-order valence-corrected chi connectivity index (χ2v) is 11.8. The second-order valence-electron chi connectivity index (χ2n) is 9.17. The van der Waals surface area contributed by atoms with Crippen molar-refractivity contribution in [3.05, 3.63) is 101 Å². The molecule has 0 spiro atoms. The van der Waals surface area contributed by atoms with Crippen LogP contribution in [0.4, 0.5) is 16.1 Å². The molecule has 3 aromatic carbocycles. The maximum Gasteiger partial charge on any atom is 0.205 e. The number of furan rings is 1. The van der Waals surface area contributed by atoms with Gasteiger partial charge in [-0.2, -0.15) is 0 Å². The number of aromatic nitrogens is 2. The molecule has 8 nitrogen and oxygen atoms in total. The molecule has 5 aromatic rings. The average molecular weight is 581 g/mol. The predicted octanol–water partition coefficient (Wildman–Crippen LogP) is 6.14. The average Bonchev–Trinajstić information content (AvgIpc) is 3.24. The van der Waals surface area contributed by atoms with E-state index in [1.165, 1.54) is 24.7 Å². The summed E-state index contributed by atoms with van der Waals surface area (Å²) < 4.78 is 48.5. The SMILES string of the molecule is CS(=O)(=O)CCNCc1c(Nc2ncnc3ccccc23)oc(Cl)c1-c1ccc(OCc2cccc(F)c2)cc1. The number of para-hydroxylation sites is 1. The van der Waals surface area contributed by atoms with Crippen LogP contribution in [0.2, 0.25) is 5.22 Å². The summed E-state index contributed by atoms with van der Waals surface area (Å²) in [4.78, 5) is 8.68. The molecule has 0 aliphatic carbocycles. The van der Waals surface area contributed by atoms with E-state index in [1.807, 2.05) is 36.4 Å². The quantitative estimate of drug-likeness (QED) is 0.179. The highest BCUT2D eigenvalue weighted by molar-refractivity contribution is 7.90. The van der Waals surface area contributed by atoms with Gasteiger partial charge in [-0.15, -0.1) is 0 Å². The van der Waals surface area contributed by atoms with Crippen LogP contribution in [-0.4, -0.2) is 36.9 Å². The largest absolute Gasteiger partial charge is 0.489 e. The number of ether oxygens (including phenoxy) is 1. The van der Waals surface area contributed by atoms with Crippen LogP contribution >= 0.6 is 11.6 Å². The monoisotopic (exact) mass is 580 g/mol. The summed E-state index contributed by atoms with van der Waals surface area (Å²) in [5.74, 6) is 1.20. The third kappa shape index (κ3) is 6.77. The summed E-state index contributed by atoms with van der Waals surface area (Å²) in [5, 5.41) is 7.38. The van der Waals surface area contributed by atoms with Crippen molar-refractivity contribution in [3.63, 3.8) is 0 Å². The molecule has 206 valence electrons. The van der Waals surface area contributed by atoms with Crippen molar-refractivity contribution in [1.29, 1.82) is 0 Å². The highest BCUT2D eigenvalue weighted by Crippen LogP contribution is 2.41. The Labute approximate surface area is 236 Å². The van der Waals surface area contributed by atoms with Crippen molar-refractivity contribution in [3.8, 4) is 16.9 Å². The first-order chi connectivity index (χ1) is 19.3. The van der Waals surface area contributed by atoms with Gasteiger partial charge in [0.15, 0.2) is 0 Å². The van der Waals surface area contributed by atoms with E-state index in [1.54, 1.807) is 24.3 Å². The lowest BCUT2D eigenvalue weighted by Crippen LogP contribution is -2.22.